The molecule has 20 heavy (non-hydrogen) atoms. The molecular formula is C13H17N3O4. The number of carbonyl (C=O) groups is 1. The summed E-state index contributed by atoms with van der Waals surface area (Å²) in [4.78, 5) is 21.9. The Hall–Kier alpha value is -2.15. The Kier molecular flexibility index (Phi) is 4.19. The Balaban J connectivity index is 1.95. The Labute approximate surface area is 116 Å². The van der Waals surface area contributed by atoms with Gasteiger partial charge in [0.15, 0.2) is 0 Å². The first kappa shape index (κ1) is 14.3. The Morgan fingerprint density at radius 1 is 1.30 bits per heavy atom. The number of anilines is 1. The Bertz CT molecular complexity index is 495. The molecule has 2 rings (SSSR count). The van der Waals surface area contributed by atoms with Crippen molar-refractivity contribution in [3.63, 3.8) is 0 Å². The van der Waals surface area contributed by atoms with E-state index in [1.165, 1.54) is 24.3 Å². The SMILES string of the molecule is O=C(Nc1ccc([N+](=O)[O-])cc1)NC1(CO)CCCC1. The second-order valence-corrected chi connectivity index (χ2v) is 5.03. The summed E-state index contributed by atoms with van der Waals surface area (Å²) >= 11 is 0. The van der Waals surface area contributed by atoms with E-state index in [2.05, 4.69) is 10.6 Å². The molecule has 0 aliphatic heterocycles. The molecule has 2 amide bonds. The number of hydrogen-bond acceptors (Lipinski definition) is 4. The lowest BCUT2D eigenvalue weighted by atomic mass is 9.99. The fourth-order valence-corrected chi connectivity index (χ4v) is 2.44. The third-order valence-corrected chi connectivity index (χ3v) is 3.58. The molecule has 0 bridgehead atoms. The fraction of sp³-hybridized carbons (Fsp3) is 0.462. The molecule has 7 heteroatoms. The minimum absolute atomic E-state index is 0.0291. The van der Waals surface area contributed by atoms with E-state index < -0.39 is 16.5 Å². The van der Waals surface area contributed by atoms with Crippen molar-refractivity contribution in [3.05, 3.63) is 34.4 Å². The van der Waals surface area contributed by atoms with Crippen LogP contribution in [0.2, 0.25) is 0 Å². The van der Waals surface area contributed by atoms with Crippen LogP contribution in [0.4, 0.5) is 16.2 Å². The van der Waals surface area contributed by atoms with Gasteiger partial charge in [-0.05, 0) is 25.0 Å². The number of amides is 2. The second kappa shape index (κ2) is 5.87. The molecule has 7 nitrogen and oxygen atoms in total. The summed E-state index contributed by atoms with van der Waals surface area (Å²) in [5.41, 5.74) is -0.0945. The van der Waals surface area contributed by atoms with Gasteiger partial charge in [0.2, 0.25) is 0 Å². The van der Waals surface area contributed by atoms with Gasteiger partial charge in [-0.25, -0.2) is 4.79 Å². The number of rotatable bonds is 4. The van der Waals surface area contributed by atoms with Gasteiger partial charge in [0.25, 0.3) is 5.69 Å². The van der Waals surface area contributed by atoms with E-state index in [0.717, 1.165) is 25.7 Å². The molecule has 1 aliphatic carbocycles. The zero-order valence-electron chi connectivity index (χ0n) is 11.0. The fourth-order valence-electron chi connectivity index (χ4n) is 2.44. The maximum absolute atomic E-state index is 11.9. The highest BCUT2D eigenvalue weighted by atomic mass is 16.6. The number of nitrogens with one attached hydrogen (secondary N) is 2. The highest BCUT2D eigenvalue weighted by Crippen LogP contribution is 2.29. The summed E-state index contributed by atoms with van der Waals surface area (Å²) in [6, 6.07) is 5.19. The highest BCUT2D eigenvalue weighted by Gasteiger charge is 2.34. The van der Waals surface area contributed by atoms with E-state index >= 15 is 0 Å². The average Bonchev–Trinajstić information content (AvgIpc) is 2.88. The van der Waals surface area contributed by atoms with Crippen LogP contribution in [0.1, 0.15) is 25.7 Å². The Morgan fingerprint density at radius 3 is 2.40 bits per heavy atom. The number of urea groups is 1. The molecule has 0 saturated heterocycles. The summed E-state index contributed by atoms with van der Waals surface area (Å²) in [5.74, 6) is 0. The third kappa shape index (κ3) is 3.24. The van der Waals surface area contributed by atoms with Gasteiger partial charge < -0.3 is 15.7 Å². The zero-order valence-corrected chi connectivity index (χ0v) is 11.0. The molecule has 0 unspecified atom stereocenters. The van der Waals surface area contributed by atoms with Crippen molar-refractivity contribution in [2.75, 3.05) is 11.9 Å². The molecule has 3 N–H and O–H groups in total. The van der Waals surface area contributed by atoms with Crippen molar-refractivity contribution in [1.29, 1.82) is 0 Å². The topological polar surface area (TPSA) is 104 Å². The highest BCUT2D eigenvalue weighted by molar-refractivity contribution is 5.89. The number of non-ortho nitro benzene ring substituents is 1. The molecule has 0 atom stereocenters. The molecule has 1 fully saturated rings. The maximum atomic E-state index is 11.9. The summed E-state index contributed by atoms with van der Waals surface area (Å²) in [7, 11) is 0. The minimum Gasteiger partial charge on any atom is -0.394 e. The van der Waals surface area contributed by atoms with Crippen LogP contribution in [-0.4, -0.2) is 28.2 Å². The van der Waals surface area contributed by atoms with E-state index in [-0.39, 0.29) is 12.3 Å². The molecule has 1 aliphatic rings. The van der Waals surface area contributed by atoms with E-state index in [1.54, 1.807) is 0 Å². The van der Waals surface area contributed by atoms with Crippen LogP contribution in [0.15, 0.2) is 24.3 Å². The number of carbonyl (C=O) groups excluding carboxylic acids is 1. The van der Waals surface area contributed by atoms with Gasteiger partial charge >= 0.3 is 6.03 Å². The molecule has 0 spiro atoms. The van der Waals surface area contributed by atoms with Crippen molar-refractivity contribution >= 4 is 17.4 Å². The second-order valence-electron chi connectivity index (χ2n) is 5.03. The van der Waals surface area contributed by atoms with Crippen LogP contribution >= 0.6 is 0 Å². The molecule has 1 saturated carbocycles. The molecular weight excluding hydrogens is 262 g/mol. The summed E-state index contributed by atoms with van der Waals surface area (Å²) in [6.07, 6.45) is 3.49. The predicted molar refractivity (Wildman–Crippen MR) is 73.5 cm³/mol. The molecule has 0 heterocycles. The van der Waals surface area contributed by atoms with Crippen molar-refractivity contribution in [3.8, 4) is 0 Å². The normalized spacial score (nSPS) is 16.6. The number of aliphatic hydroxyl groups is 1. The molecule has 0 aromatic heterocycles. The predicted octanol–water partition coefficient (Wildman–Crippen LogP) is 2.02. The van der Waals surface area contributed by atoms with Crippen LogP contribution in [0.5, 0.6) is 0 Å². The van der Waals surface area contributed by atoms with Crippen molar-refractivity contribution in [2.45, 2.75) is 31.2 Å². The van der Waals surface area contributed by atoms with Crippen molar-refractivity contribution in [2.24, 2.45) is 0 Å². The number of aliphatic hydroxyl groups excluding tert-OH is 1. The smallest absolute Gasteiger partial charge is 0.319 e. The van der Waals surface area contributed by atoms with Crippen LogP contribution in [-0.2, 0) is 0 Å². The van der Waals surface area contributed by atoms with E-state index in [1.807, 2.05) is 0 Å². The van der Waals surface area contributed by atoms with E-state index in [4.69, 9.17) is 0 Å². The third-order valence-electron chi connectivity index (χ3n) is 3.58. The van der Waals surface area contributed by atoms with Gasteiger partial charge in [-0.1, -0.05) is 12.8 Å². The van der Waals surface area contributed by atoms with Gasteiger partial charge in [-0.2, -0.15) is 0 Å². The van der Waals surface area contributed by atoms with Crippen molar-refractivity contribution < 1.29 is 14.8 Å². The van der Waals surface area contributed by atoms with E-state index in [0.29, 0.717) is 5.69 Å². The van der Waals surface area contributed by atoms with Crippen LogP contribution < -0.4 is 10.6 Å². The maximum Gasteiger partial charge on any atom is 0.319 e. The Morgan fingerprint density at radius 2 is 1.90 bits per heavy atom. The number of benzene rings is 1. The molecule has 1 aromatic rings. The summed E-state index contributed by atoms with van der Waals surface area (Å²) in [5, 5.41) is 25.3. The molecule has 108 valence electrons. The first-order valence-electron chi connectivity index (χ1n) is 6.49. The number of hydrogen-bond donors (Lipinski definition) is 3. The van der Waals surface area contributed by atoms with Gasteiger partial charge in [-0.3, -0.25) is 10.1 Å². The minimum atomic E-state index is -0.537. The summed E-state index contributed by atoms with van der Waals surface area (Å²) < 4.78 is 0. The van der Waals surface area contributed by atoms with Gasteiger partial charge in [0.05, 0.1) is 17.1 Å². The lowest BCUT2D eigenvalue weighted by molar-refractivity contribution is -0.384. The standard InChI is InChI=1S/C13H17N3O4/c17-9-13(7-1-2-8-13)15-12(18)14-10-3-5-11(6-4-10)16(19)20/h3-6,17H,1-2,7-9H2,(H2,14,15,18). The van der Waals surface area contributed by atoms with Crippen molar-refractivity contribution in [1.82, 2.24) is 5.32 Å². The first-order valence-corrected chi connectivity index (χ1v) is 6.49. The van der Waals surface area contributed by atoms with E-state index in [9.17, 15) is 20.0 Å². The van der Waals surface area contributed by atoms with Crippen LogP contribution in [0.25, 0.3) is 0 Å². The number of nitrogens with zero attached hydrogens (tertiary/aromatic N) is 1. The van der Waals surface area contributed by atoms with Gasteiger partial charge in [-0.15, -0.1) is 0 Å². The molecule has 1 aromatic carbocycles. The summed E-state index contributed by atoms with van der Waals surface area (Å²) in [6.45, 7) is -0.0827. The quantitative estimate of drug-likeness (QED) is 0.579. The largest absolute Gasteiger partial charge is 0.394 e. The monoisotopic (exact) mass is 279 g/mol. The zero-order chi connectivity index (χ0) is 14.6. The van der Waals surface area contributed by atoms with Gasteiger partial charge in [0.1, 0.15) is 0 Å². The van der Waals surface area contributed by atoms with Crippen LogP contribution in [0.3, 0.4) is 0 Å². The molecule has 0 radical (unpaired) electrons. The first-order chi connectivity index (χ1) is 9.54. The van der Waals surface area contributed by atoms with Gasteiger partial charge in [0, 0.05) is 17.8 Å². The lowest BCUT2D eigenvalue weighted by Crippen LogP contribution is -2.50. The number of nitro groups is 1. The average molecular weight is 279 g/mol. The number of nitro benzene ring substituents is 1. The van der Waals surface area contributed by atoms with Crippen LogP contribution in [0, 0.1) is 10.1 Å². The lowest BCUT2D eigenvalue weighted by Gasteiger charge is -2.27.